The van der Waals surface area contributed by atoms with E-state index in [-0.39, 0.29) is 5.91 Å². The van der Waals surface area contributed by atoms with Gasteiger partial charge in [-0.2, -0.15) is 0 Å². The number of rotatable bonds is 5. The van der Waals surface area contributed by atoms with Gasteiger partial charge in [0.15, 0.2) is 6.10 Å². The van der Waals surface area contributed by atoms with Crippen molar-refractivity contribution in [3.8, 4) is 16.3 Å². The fourth-order valence-electron chi connectivity index (χ4n) is 2.56. The standard InChI is InChI=1S/C20H20ClN3O2S/c1-11-9-12(2)13(3)17(10-11)26-14(4)18(25)22-20-24-23-19(27-20)15-5-7-16(21)8-6-15/h5-10,14H,1-4H3,(H,22,24,25)/t14-/m1/s1. The zero-order valence-corrected chi connectivity index (χ0v) is 17.1. The summed E-state index contributed by atoms with van der Waals surface area (Å²) < 4.78 is 5.88. The van der Waals surface area contributed by atoms with Crippen LogP contribution >= 0.6 is 22.9 Å². The second-order valence-corrected chi connectivity index (χ2v) is 7.79. The minimum absolute atomic E-state index is 0.271. The second-order valence-electron chi connectivity index (χ2n) is 6.37. The normalized spacial score (nSPS) is 11.9. The topological polar surface area (TPSA) is 64.1 Å². The van der Waals surface area contributed by atoms with Gasteiger partial charge in [-0.1, -0.05) is 41.1 Å². The average Bonchev–Trinajstić information content (AvgIpc) is 3.08. The molecular weight excluding hydrogens is 382 g/mol. The molecule has 0 saturated carbocycles. The molecule has 0 spiro atoms. The lowest BCUT2D eigenvalue weighted by Gasteiger charge is -2.17. The zero-order valence-electron chi connectivity index (χ0n) is 15.5. The van der Waals surface area contributed by atoms with Gasteiger partial charge in [0.1, 0.15) is 10.8 Å². The number of hydrogen-bond acceptors (Lipinski definition) is 5. The van der Waals surface area contributed by atoms with Gasteiger partial charge in [-0.25, -0.2) is 0 Å². The third kappa shape index (κ3) is 4.64. The highest BCUT2D eigenvalue weighted by Crippen LogP contribution is 2.28. The molecule has 7 heteroatoms. The summed E-state index contributed by atoms with van der Waals surface area (Å²) >= 11 is 7.20. The van der Waals surface area contributed by atoms with Crippen molar-refractivity contribution in [2.75, 3.05) is 5.32 Å². The van der Waals surface area contributed by atoms with Crippen molar-refractivity contribution in [1.29, 1.82) is 0 Å². The highest BCUT2D eigenvalue weighted by molar-refractivity contribution is 7.18. The maximum Gasteiger partial charge on any atom is 0.266 e. The van der Waals surface area contributed by atoms with Gasteiger partial charge >= 0.3 is 0 Å². The van der Waals surface area contributed by atoms with Gasteiger partial charge < -0.3 is 4.74 Å². The predicted molar refractivity (Wildman–Crippen MR) is 110 cm³/mol. The molecule has 27 heavy (non-hydrogen) atoms. The first-order chi connectivity index (χ1) is 12.8. The molecule has 2 aromatic carbocycles. The van der Waals surface area contributed by atoms with Crippen LogP contribution < -0.4 is 10.1 Å². The number of nitrogens with one attached hydrogen (secondary N) is 1. The van der Waals surface area contributed by atoms with Gasteiger partial charge in [-0.05, 0) is 62.6 Å². The predicted octanol–water partition coefficient (Wildman–Crippen LogP) is 5.19. The van der Waals surface area contributed by atoms with Crippen molar-refractivity contribution in [2.24, 2.45) is 0 Å². The van der Waals surface area contributed by atoms with Crippen LogP contribution in [-0.4, -0.2) is 22.2 Å². The summed E-state index contributed by atoms with van der Waals surface area (Å²) in [4.78, 5) is 12.5. The van der Waals surface area contributed by atoms with Crippen LogP contribution in [0.3, 0.4) is 0 Å². The fourth-order valence-corrected chi connectivity index (χ4v) is 3.44. The van der Waals surface area contributed by atoms with Crippen LogP contribution in [-0.2, 0) is 4.79 Å². The molecule has 0 unspecified atom stereocenters. The highest BCUT2D eigenvalue weighted by Gasteiger charge is 2.18. The lowest BCUT2D eigenvalue weighted by atomic mass is 10.1. The van der Waals surface area contributed by atoms with Crippen LogP contribution in [0.4, 0.5) is 5.13 Å². The van der Waals surface area contributed by atoms with Crippen LogP contribution in [0.2, 0.25) is 5.02 Å². The van der Waals surface area contributed by atoms with Crippen LogP contribution in [0.15, 0.2) is 36.4 Å². The van der Waals surface area contributed by atoms with Gasteiger partial charge in [0.2, 0.25) is 5.13 Å². The minimum atomic E-state index is -0.659. The van der Waals surface area contributed by atoms with E-state index in [0.717, 1.165) is 22.3 Å². The molecule has 0 bridgehead atoms. The number of aromatic nitrogens is 2. The van der Waals surface area contributed by atoms with E-state index in [1.165, 1.54) is 11.3 Å². The Balaban J connectivity index is 1.68. The molecule has 1 atom stereocenters. The van der Waals surface area contributed by atoms with E-state index >= 15 is 0 Å². The number of amides is 1. The molecule has 0 aliphatic carbocycles. The molecule has 1 N–H and O–H groups in total. The number of carbonyl (C=O) groups is 1. The number of aryl methyl sites for hydroxylation is 2. The number of hydrogen-bond donors (Lipinski definition) is 1. The van der Waals surface area contributed by atoms with Crippen LogP contribution in [0.1, 0.15) is 23.6 Å². The van der Waals surface area contributed by atoms with Crippen molar-refractivity contribution in [1.82, 2.24) is 10.2 Å². The van der Waals surface area contributed by atoms with Crippen molar-refractivity contribution < 1.29 is 9.53 Å². The molecule has 0 saturated heterocycles. The number of halogens is 1. The number of anilines is 1. The second kappa shape index (κ2) is 8.06. The number of nitrogens with zero attached hydrogens (tertiary/aromatic N) is 2. The molecule has 0 fully saturated rings. The lowest BCUT2D eigenvalue weighted by Crippen LogP contribution is -2.30. The highest BCUT2D eigenvalue weighted by atomic mass is 35.5. The van der Waals surface area contributed by atoms with Gasteiger partial charge in [-0.15, -0.1) is 10.2 Å². The molecule has 5 nitrogen and oxygen atoms in total. The Bertz CT molecular complexity index is 970. The maximum atomic E-state index is 12.5. The molecule has 1 amide bonds. The van der Waals surface area contributed by atoms with Crippen molar-refractivity contribution in [3.63, 3.8) is 0 Å². The Morgan fingerprint density at radius 2 is 1.85 bits per heavy atom. The van der Waals surface area contributed by atoms with Gasteiger partial charge in [0.05, 0.1) is 0 Å². The van der Waals surface area contributed by atoms with E-state index in [0.29, 0.717) is 20.9 Å². The summed E-state index contributed by atoms with van der Waals surface area (Å²) in [5.41, 5.74) is 4.15. The number of ether oxygens (including phenoxy) is 1. The molecule has 0 aliphatic heterocycles. The van der Waals surface area contributed by atoms with Gasteiger partial charge in [0.25, 0.3) is 5.91 Å². The fraction of sp³-hybridized carbons (Fsp3) is 0.250. The molecule has 1 aromatic heterocycles. The lowest BCUT2D eigenvalue weighted by molar-refractivity contribution is -0.122. The van der Waals surface area contributed by atoms with Crippen molar-refractivity contribution in [3.05, 3.63) is 58.1 Å². The Labute approximate surface area is 167 Å². The summed E-state index contributed by atoms with van der Waals surface area (Å²) in [6.45, 7) is 7.73. The first-order valence-corrected chi connectivity index (χ1v) is 9.67. The van der Waals surface area contributed by atoms with Crippen LogP contribution in [0, 0.1) is 20.8 Å². The van der Waals surface area contributed by atoms with E-state index in [4.69, 9.17) is 16.3 Å². The molecule has 3 aromatic rings. The van der Waals surface area contributed by atoms with E-state index in [9.17, 15) is 4.79 Å². The Morgan fingerprint density at radius 3 is 2.56 bits per heavy atom. The van der Waals surface area contributed by atoms with Crippen molar-refractivity contribution >= 4 is 34.0 Å². The van der Waals surface area contributed by atoms with E-state index in [1.54, 1.807) is 19.1 Å². The minimum Gasteiger partial charge on any atom is -0.481 e. The molecular formula is C20H20ClN3O2S. The summed E-state index contributed by atoms with van der Waals surface area (Å²) in [7, 11) is 0. The first-order valence-electron chi connectivity index (χ1n) is 8.48. The maximum absolute atomic E-state index is 12.5. The molecule has 0 radical (unpaired) electrons. The van der Waals surface area contributed by atoms with Gasteiger partial charge in [-0.3, -0.25) is 10.1 Å². The smallest absolute Gasteiger partial charge is 0.266 e. The number of benzene rings is 2. The van der Waals surface area contributed by atoms with E-state index in [1.807, 2.05) is 39.0 Å². The first kappa shape index (κ1) is 19.3. The molecule has 140 valence electrons. The quantitative estimate of drug-likeness (QED) is 0.639. The summed E-state index contributed by atoms with van der Waals surface area (Å²) in [5, 5.41) is 12.7. The Morgan fingerprint density at radius 1 is 1.15 bits per heavy atom. The average molecular weight is 402 g/mol. The summed E-state index contributed by atoms with van der Waals surface area (Å²) in [6.07, 6.45) is -0.659. The largest absolute Gasteiger partial charge is 0.481 e. The van der Waals surface area contributed by atoms with E-state index in [2.05, 4.69) is 21.6 Å². The Hall–Kier alpha value is -2.44. The van der Waals surface area contributed by atoms with Gasteiger partial charge in [0, 0.05) is 10.6 Å². The van der Waals surface area contributed by atoms with E-state index < -0.39 is 6.10 Å². The van der Waals surface area contributed by atoms with Crippen LogP contribution in [0.5, 0.6) is 5.75 Å². The third-order valence-corrected chi connectivity index (χ3v) is 5.32. The zero-order chi connectivity index (χ0) is 19.6. The molecule has 1 heterocycles. The van der Waals surface area contributed by atoms with Crippen LogP contribution in [0.25, 0.3) is 10.6 Å². The summed E-state index contributed by atoms with van der Waals surface area (Å²) in [6, 6.07) is 11.3. The monoisotopic (exact) mass is 401 g/mol. The molecule has 3 rings (SSSR count). The van der Waals surface area contributed by atoms with Crippen molar-refractivity contribution in [2.45, 2.75) is 33.8 Å². The third-order valence-electron chi connectivity index (χ3n) is 4.18. The molecule has 0 aliphatic rings. The SMILES string of the molecule is Cc1cc(C)c(C)c(O[C@H](C)C(=O)Nc2nnc(-c3ccc(Cl)cc3)s2)c1. The Kier molecular flexibility index (Phi) is 5.77. The summed E-state index contributed by atoms with van der Waals surface area (Å²) in [5.74, 6) is 0.446. The number of carbonyl (C=O) groups excluding carboxylic acids is 1.